The van der Waals surface area contributed by atoms with Crippen LogP contribution in [0.15, 0.2) is 29.2 Å². The van der Waals surface area contributed by atoms with E-state index >= 15 is 0 Å². The van der Waals surface area contributed by atoms with E-state index in [1.54, 1.807) is 30.0 Å². The molecular weight excluding hydrogens is 268 g/mol. The van der Waals surface area contributed by atoms with E-state index in [2.05, 4.69) is 4.72 Å². The molecule has 108 valence electrons. The highest BCUT2D eigenvalue weighted by atomic mass is 32.2. The van der Waals surface area contributed by atoms with Gasteiger partial charge in [-0.05, 0) is 12.1 Å². The smallest absolute Gasteiger partial charge is 0.242 e. The summed E-state index contributed by atoms with van der Waals surface area (Å²) >= 11 is 0. The maximum Gasteiger partial charge on any atom is 0.242 e. The quantitative estimate of drug-likeness (QED) is 0.615. The Bertz CT molecular complexity index is 484. The maximum atomic E-state index is 12.1. The lowest BCUT2D eigenvalue weighted by Gasteiger charge is -2.25. The Morgan fingerprint density at radius 3 is 2.26 bits per heavy atom. The predicted octanol–water partition coefficient (Wildman–Crippen LogP) is -0.224. The fraction of sp³-hybridized carbons (Fsp3) is 0.500. The molecule has 1 aromatic carbocycles. The van der Waals surface area contributed by atoms with Crippen molar-refractivity contribution in [1.82, 2.24) is 4.72 Å². The SMILES string of the molecule is CCNS(=O)(=O)c1ccccc1N(CCO)CCO. The largest absolute Gasteiger partial charge is 0.395 e. The lowest BCUT2D eigenvalue weighted by atomic mass is 10.3. The van der Waals surface area contributed by atoms with Crippen LogP contribution in [0.25, 0.3) is 0 Å². The van der Waals surface area contributed by atoms with Crippen molar-refractivity contribution in [3.05, 3.63) is 24.3 Å². The molecule has 0 aliphatic heterocycles. The van der Waals surface area contributed by atoms with Crippen LogP contribution in [0.2, 0.25) is 0 Å². The average Bonchev–Trinajstić information content (AvgIpc) is 2.38. The topological polar surface area (TPSA) is 89.9 Å². The summed E-state index contributed by atoms with van der Waals surface area (Å²) in [5.74, 6) is 0. The van der Waals surface area contributed by atoms with Crippen LogP contribution in [0.4, 0.5) is 5.69 Å². The molecule has 0 heterocycles. The zero-order valence-corrected chi connectivity index (χ0v) is 11.7. The Morgan fingerprint density at radius 1 is 1.16 bits per heavy atom. The van der Waals surface area contributed by atoms with Crippen molar-refractivity contribution in [2.45, 2.75) is 11.8 Å². The third-order valence-electron chi connectivity index (χ3n) is 2.57. The van der Waals surface area contributed by atoms with Gasteiger partial charge in [-0.2, -0.15) is 0 Å². The first-order chi connectivity index (χ1) is 9.06. The number of nitrogens with one attached hydrogen (secondary N) is 1. The first-order valence-corrected chi connectivity index (χ1v) is 7.60. The van der Waals surface area contributed by atoms with Gasteiger partial charge in [-0.15, -0.1) is 0 Å². The maximum absolute atomic E-state index is 12.1. The van der Waals surface area contributed by atoms with E-state index in [9.17, 15) is 8.42 Å². The predicted molar refractivity (Wildman–Crippen MR) is 73.7 cm³/mol. The highest BCUT2D eigenvalue weighted by Gasteiger charge is 2.20. The van der Waals surface area contributed by atoms with E-state index in [-0.39, 0.29) is 31.2 Å². The molecule has 0 saturated heterocycles. The van der Waals surface area contributed by atoms with Gasteiger partial charge in [0.2, 0.25) is 10.0 Å². The summed E-state index contributed by atoms with van der Waals surface area (Å²) in [4.78, 5) is 1.79. The van der Waals surface area contributed by atoms with Gasteiger partial charge in [-0.25, -0.2) is 13.1 Å². The molecule has 3 N–H and O–H groups in total. The van der Waals surface area contributed by atoms with Crippen molar-refractivity contribution < 1.29 is 18.6 Å². The zero-order chi connectivity index (χ0) is 14.3. The van der Waals surface area contributed by atoms with Crippen LogP contribution in [0.1, 0.15) is 6.92 Å². The Hall–Kier alpha value is -1.15. The lowest BCUT2D eigenvalue weighted by Crippen LogP contribution is -2.32. The number of para-hydroxylation sites is 1. The number of sulfonamides is 1. The van der Waals surface area contributed by atoms with Crippen molar-refractivity contribution in [3.63, 3.8) is 0 Å². The van der Waals surface area contributed by atoms with Crippen LogP contribution >= 0.6 is 0 Å². The van der Waals surface area contributed by atoms with Crippen LogP contribution in [-0.2, 0) is 10.0 Å². The molecule has 0 fully saturated rings. The van der Waals surface area contributed by atoms with Crippen LogP contribution in [0, 0.1) is 0 Å². The van der Waals surface area contributed by atoms with Crippen LogP contribution < -0.4 is 9.62 Å². The van der Waals surface area contributed by atoms with E-state index in [0.717, 1.165) is 0 Å². The standard InChI is InChI=1S/C12H20N2O4S/c1-2-13-19(17,18)12-6-4-3-5-11(12)14(7-9-15)8-10-16/h3-6,13,15-16H,2,7-10H2,1H3. The third kappa shape index (κ3) is 4.17. The summed E-state index contributed by atoms with van der Waals surface area (Å²) in [6.07, 6.45) is 0. The molecule has 0 aromatic heterocycles. The van der Waals surface area contributed by atoms with Crippen molar-refractivity contribution in [2.75, 3.05) is 37.7 Å². The Labute approximate surface area is 113 Å². The highest BCUT2D eigenvalue weighted by molar-refractivity contribution is 7.89. The number of benzene rings is 1. The van der Waals surface area contributed by atoms with Crippen molar-refractivity contribution in [1.29, 1.82) is 0 Å². The molecule has 0 atom stereocenters. The molecule has 0 saturated carbocycles. The highest BCUT2D eigenvalue weighted by Crippen LogP contribution is 2.24. The van der Waals surface area contributed by atoms with Gasteiger partial charge in [-0.1, -0.05) is 19.1 Å². The molecule has 1 rings (SSSR count). The summed E-state index contributed by atoms with van der Waals surface area (Å²) in [7, 11) is -3.58. The average molecular weight is 288 g/mol. The van der Waals surface area contributed by atoms with Gasteiger partial charge in [0.25, 0.3) is 0 Å². The first-order valence-electron chi connectivity index (χ1n) is 6.12. The van der Waals surface area contributed by atoms with Gasteiger partial charge in [0, 0.05) is 19.6 Å². The summed E-state index contributed by atoms with van der Waals surface area (Å²) < 4.78 is 26.6. The zero-order valence-electron chi connectivity index (χ0n) is 10.9. The van der Waals surface area contributed by atoms with E-state index in [0.29, 0.717) is 12.2 Å². The number of rotatable bonds is 8. The van der Waals surface area contributed by atoms with Crippen LogP contribution in [0.5, 0.6) is 0 Å². The molecule has 19 heavy (non-hydrogen) atoms. The first kappa shape index (κ1) is 15.9. The summed E-state index contributed by atoms with van der Waals surface area (Å²) in [6, 6.07) is 6.54. The second-order valence-electron chi connectivity index (χ2n) is 3.90. The van der Waals surface area contributed by atoms with E-state index in [4.69, 9.17) is 10.2 Å². The minimum atomic E-state index is -3.58. The second kappa shape index (κ2) is 7.44. The molecule has 0 spiro atoms. The number of aliphatic hydroxyl groups is 2. The molecule has 0 bridgehead atoms. The lowest BCUT2D eigenvalue weighted by molar-refractivity contribution is 0.281. The minimum Gasteiger partial charge on any atom is -0.395 e. The Balaban J connectivity index is 3.20. The molecule has 0 aliphatic rings. The summed E-state index contributed by atoms with van der Waals surface area (Å²) in [5.41, 5.74) is 0.478. The van der Waals surface area contributed by atoms with Crippen molar-refractivity contribution in [2.24, 2.45) is 0 Å². The molecule has 0 radical (unpaired) electrons. The normalized spacial score (nSPS) is 11.5. The van der Waals surface area contributed by atoms with Crippen LogP contribution in [-0.4, -0.2) is 51.5 Å². The van der Waals surface area contributed by atoms with E-state index in [1.807, 2.05) is 0 Å². The molecular formula is C12H20N2O4S. The molecule has 1 aromatic rings. The minimum absolute atomic E-state index is 0.115. The molecule has 7 heteroatoms. The molecule has 6 nitrogen and oxygen atoms in total. The number of anilines is 1. The van der Waals surface area contributed by atoms with E-state index in [1.165, 1.54) is 6.07 Å². The van der Waals surface area contributed by atoms with Gasteiger partial charge in [-0.3, -0.25) is 0 Å². The fourth-order valence-corrected chi connectivity index (χ4v) is 3.07. The third-order valence-corrected chi connectivity index (χ3v) is 4.16. The van der Waals surface area contributed by atoms with Gasteiger partial charge in [0.05, 0.1) is 18.9 Å². The molecule has 0 aliphatic carbocycles. The van der Waals surface area contributed by atoms with Gasteiger partial charge < -0.3 is 15.1 Å². The van der Waals surface area contributed by atoms with Crippen molar-refractivity contribution >= 4 is 15.7 Å². The Morgan fingerprint density at radius 2 is 1.74 bits per heavy atom. The molecule has 0 unspecified atom stereocenters. The monoisotopic (exact) mass is 288 g/mol. The summed E-state index contributed by atoms with van der Waals surface area (Å²) in [5, 5.41) is 18.1. The number of aliphatic hydroxyl groups excluding tert-OH is 2. The number of hydrogen-bond donors (Lipinski definition) is 3. The van der Waals surface area contributed by atoms with Crippen LogP contribution in [0.3, 0.4) is 0 Å². The van der Waals surface area contributed by atoms with Crippen molar-refractivity contribution in [3.8, 4) is 0 Å². The van der Waals surface area contributed by atoms with Gasteiger partial charge in [0.1, 0.15) is 4.90 Å². The number of hydrogen-bond acceptors (Lipinski definition) is 5. The number of nitrogens with zero attached hydrogens (tertiary/aromatic N) is 1. The van der Waals surface area contributed by atoms with E-state index < -0.39 is 10.0 Å². The fourth-order valence-electron chi connectivity index (χ4n) is 1.81. The molecule has 0 amide bonds. The Kier molecular flexibility index (Phi) is 6.23. The second-order valence-corrected chi connectivity index (χ2v) is 5.64. The van der Waals surface area contributed by atoms with Gasteiger partial charge in [0.15, 0.2) is 0 Å². The van der Waals surface area contributed by atoms with Gasteiger partial charge >= 0.3 is 0 Å². The summed E-state index contributed by atoms with van der Waals surface area (Å²) in [6.45, 7) is 2.31.